The number of aromatic amines is 1. The molecule has 0 bridgehead atoms. The van der Waals surface area contributed by atoms with Crippen LogP contribution in [0, 0.1) is 0 Å². The van der Waals surface area contributed by atoms with Gasteiger partial charge in [0.1, 0.15) is 0 Å². The van der Waals surface area contributed by atoms with Gasteiger partial charge in [-0.2, -0.15) is 0 Å². The highest BCUT2D eigenvalue weighted by Crippen LogP contribution is 2.35. The molecule has 6 rings (SSSR count). The zero-order valence-electron chi connectivity index (χ0n) is 31.7. The largest absolute Gasteiger partial charge is 0.381 e. The molecule has 1 aromatic heterocycles. The van der Waals surface area contributed by atoms with Crippen LogP contribution >= 0.6 is 0 Å². The summed E-state index contributed by atoms with van der Waals surface area (Å²) in [6.45, 7) is 6.92. The van der Waals surface area contributed by atoms with Crippen LogP contribution < -0.4 is 10.6 Å². The highest BCUT2D eigenvalue weighted by Gasteiger charge is 2.23. The zero-order chi connectivity index (χ0) is 37.4. The molecule has 0 saturated carbocycles. The van der Waals surface area contributed by atoms with Gasteiger partial charge in [0.25, 0.3) is 0 Å². The Morgan fingerprint density at radius 3 is 2.20 bits per heavy atom. The van der Waals surface area contributed by atoms with Crippen LogP contribution in [-0.4, -0.2) is 17.6 Å². The van der Waals surface area contributed by atoms with Gasteiger partial charge in [-0.1, -0.05) is 146 Å². The minimum atomic E-state index is 0.110. The fourth-order valence-corrected chi connectivity index (χ4v) is 6.72. The van der Waals surface area contributed by atoms with E-state index in [0.29, 0.717) is 0 Å². The van der Waals surface area contributed by atoms with Crippen LogP contribution in [0.25, 0.3) is 22.4 Å². The van der Waals surface area contributed by atoms with Crippen molar-refractivity contribution in [1.82, 2.24) is 10.3 Å². The number of hydrogen-bond acceptors (Lipinski definition) is 2. The average molecular weight is 706 g/mol. The summed E-state index contributed by atoms with van der Waals surface area (Å²) >= 11 is 0. The van der Waals surface area contributed by atoms with Crippen LogP contribution in [0.5, 0.6) is 0 Å². The van der Waals surface area contributed by atoms with Crippen molar-refractivity contribution in [2.24, 2.45) is 0 Å². The number of anilines is 1. The third kappa shape index (κ3) is 10.4. The normalized spacial score (nSPS) is 15.9. The summed E-state index contributed by atoms with van der Waals surface area (Å²) in [6.07, 6.45) is 25.6. The monoisotopic (exact) mass is 705 g/mol. The van der Waals surface area contributed by atoms with Crippen molar-refractivity contribution < 1.29 is 0 Å². The highest BCUT2D eigenvalue weighted by molar-refractivity contribution is 5.78. The molecule has 54 heavy (non-hydrogen) atoms. The summed E-state index contributed by atoms with van der Waals surface area (Å²) in [5, 5.41) is 7.28. The number of allylic oxidation sites excluding steroid dienone is 9. The lowest BCUT2D eigenvalue weighted by molar-refractivity contribution is 0.759. The molecule has 3 nitrogen and oxygen atoms in total. The number of benzene rings is 4. The second-order valence-electron chi connectivity index (χ2n) is 13.4. The summed E-state index contributed by atoms with van der Waals surface area (Å²) in [6, 6.07) is 43.4. The molecule has 2 unspecified atom stereocenters. The van der Waals surface area contributed by atoms with Crippen LogP contribution in [0.4, 0.5) is 5.69 Å². The predicted molar refractivity (Wildman–Crippen MR) is 232 cm³/mol. The number of rotatable bonds is 15. The van der Waals surface area contributed by atoms with E-state index in [1.807, 2.05) is 6.08 Å². The number of hydrogen-bond donors (Lipinski definition) is 3. The maximum absolute atomic E-state index is 3.82. The van der Waals surface area contributed by atoms with Gasteiger partial charge in [-0.3, -0.25) is 0 Å². The van der Waals surface area contributed by atoms with Gasteiger partial charge >= 0.3 is 0 Å². The summed E-state index contributed by atoms with van der Waals surface area (Å²) < 4.78 is 0. The Kier molecular flexibility index (Phi) is 13.6. The minimum absolute atomic E-state index is 0.110. The molecule has 0 fully saturated rings. The molecule has 0 spiro atoms. The molecule has 0 radical (unpaired) electrons. The molecule has 1 heterocycles. The number of nitrogens with one attached hydrogen (secondary N) is 3. The number of aromatic nitrogens is 1. The molecule has 1 aliphatic rings. The van der Waals surface area contributed by atoms with Crippen LogP contribution in [-0.2, 0) is 12.8 Å². The van der Waals surface area contributed by atoms with E-state index in [-0.39, 0.29) is 12.0 Å². The summed E-state index contributed by atoms with van der Waals surface area (Å²) in [5.41, 5.74) is 16.5. The molecule has 0 amide bonds. The lowest BCUT2D eigenvalue weighted by atomic mass is 9.83. The molecule has 3 heteroatoms. The van der Waals surface area contributed by atoms with Crippen LogP contribution in [0.2, 0.25) is 0 Å². The third-order valence-electron chi connectivity index (χ3n) is 9.67. The zero-order valence-corrected chi connectivity index (χ0v) is 31.7. The van der Waals surface area contributed by atoms with Gasteiger partial charge in [-0.25, -0.2) is 0 Å². The molecule has 0 aliphatic heterocycles. The van der Waals surface area contributed by atoms with E-state index in [2.05, 4.69) is 224 Å². The van der Waals surface area contributed by atoms with Crippen molar-refractivity contribution in [2.45, 2.75) is 45.6 Å². The second kappa shape index (κ2) is 19.5. The van der Waals surface area contributed by atoms with Crippen molar-refractivity contribution in [1.29, 1.82) is 0 Å². The van der Waals surface area contributed by atoms with E-state index < -0.39 is 0 Å². The van der Waals surface area contributed by atoms with Gasteiger partial charge in [0.2, 0.25) is 0 Å². The Morgan fingerprint density at radius 1 is 0.722 bits per heavy atom. The molecule has 0 saturated heterocycles. The van der Waals surface area contributed by atoms with Gasteiger partial charge in [-0.15, -0.1) is 5.73 Å². The maximum Gasteiger partial charge on any atom is 0.0551 e. The maximum atomic E-state index is 3.82. The minimum Gasteiger partial charge on any atom is -0.381 e. The van der Waals surface area contributed by atoms with Gasteiger partial charge in [0.05, 0.1) is 6.04 Å². The van der Waals surface area contributed by atoms with E-state index in [0.717, 1.165) is 42.2 Å². The summed E-state index contributed by atoms with van der Waals surface area (Å²) in [5.74, 6) is 0.160. The topological polar surface area (TPSA) is 39.8 Å². The van der Waals surface area contributed by atoms with Crippen LogP contribution in [0.15, 0.2) is 200 Å². The molecule has 270 valence electrons. The predicted octanol–water partition coefficient (Wildman–Crippen LogP) is 12.4. The fraction of sp³-hybridized carbons (Fsp3) is 0.157. The first-order chi connectivity index (χ1) is 26.6. The van der Waals surface area contributed by atoms with E-state index in [1.54, 1.807) is 0 Å². The number of H-pyrrole nitrogens is 1. The lowest BCUT2D eigenvalue weighted by Gasteiger charge is -2.29. The van der Waals surface area contributed by atoms with Crippen LogP contribution in [0.3, 0.4) is 0 Å². The highest BCUT2D eigenvalue weighted by atomic mass is 14.9. The molecular weight excluding hydrogens is 655 g/mol. The van der Waals surface area contributed by atoms with Crippen molar-refractivity contribution in [3.63, 3.8) is 0 Å². The third-order valence-corrected chi connectivity index (χ3v) is 9.67. The Labute approximate surface area is 322 Å². The SMILES string of the molecule is C/C=C\C(=C/C)c1ccc(NC2C=CC(c3ccccc3)=CC2c2ccc(-c3ccc(CC=C=CCNC(/C=C\Cc4ccccc4)=C/C)[nH]3)cc2)cc1. The van der Waals surface area contributed by atoms with E-state index in [4.69, 9.17) is 0 Å². The molecule has 4 aromatic carbocycles. The molecule has 5 aromatic rings. The van der Waals surface area contributed by atoms with Crippen LogP contribution in [0.1, 0.15) is 54.6 Å². The summed E-state index contributed by atoms with van der Waals surface area (Å²) in [4.78, 5) is 3.62. The summed E-state index contributed by atoms with van der Waals surface area (Å²) in [7, 11) is 0. The van der Waals surface area contributed by atoms with Crippen molar-refractivity contribution in [3.05, 3.63) is 228 Å². The van der Waals surface area contributed by atoms with Gasteiger partial charge in [0.15, 0.2) is 0 Å². The Bertz CT molecular complexity index is 2180. The Hall–Kier alpha value is -6.28. The van der Waals surface area contributed by atoms with Gasteiger partial charge < -0.3 is 15.6 Å². The van der Waals surface area contributed by atoms with Gasteiger partial charge in [-0.05, 0) is 109 Å². The van der Waals surface area contributed by atoms with E-state index in [9.17, 15) is 0 Å². The first-order valence-electron chi connectivity index (χ1n) is 19.0. The lowest BCUT2D eigenvalue weighted by Crippen LogP contribution is -2.26. The van der Waals surface area contributed by atoms with E-state index >= 15 is 0 Å². The van der Waals surface area contributed by atoms with Gasteiger partial charge in [0, 0.05) is 41.7 Å². The molecule has 2 atom stereocenters. The van der Waals surface area contributed by atoms with Crippen molar-refractivity contribution in [2.75, 3.05) is 11.9 Å². The molecular formula is C51H51N3. The standard InChI is InChI=1S/C51H51N3/c1-4-17-40(5-2)42-29-32-48(33-30-42)54-51-35-31-45(41-21-12-8-13-22-41)38-49(51)43-25-27-44(28-26-43)50-36-34-47(53-50)23-14-9-15-37-52-46(6-3)24-16-20-39-18-10-7-11-19-39/h4-8,10-19,21-22,24-36,38,49,51-54H,20,23,37H2,1-3H3/b17-4-,24-16-,40-5+,46-6+. The van der Waals surface area contributed by atoms with Crippen molar-refractivity contribution in [3.8, 4) is 11.3 Å². The average Bonchev–Trinajstić information content (AvgIpc) is 3.71. The molecule has 3 N–H and O–H groups in total. The first-order valence-corrected chi connectivity index (χ1v) is 19.0. The first kappa shape index (κ1) is 37.5. The Morgan fingerprint density at radius 2 is 1.48 bits per heavy atom. The second-order valence-corrected chi connectivity index (χ2v) is 13.4. The quantitative estimate of drug-likeness (QED) is 0.0749. The van der Waals surface area contributed by atoms with E-state index in [1.165, 1.54) is 39.0 Å². The molecule has 1 aliphatic carbocycles. The Balaban J connectivity index is 1.08. The smallest absolute Gasteiger partial charge is 0.0551 e. The van der Waals surface area contributed by atoms with Crippen molar-refractivity contribution >= 4 is 16.8 Å². The fourth-order valence-electron chi connectivity index (χ4n) is 6.72.